The van der Waals surface area contributed by atoms with Gasteiger partial charge in [-0.25, -0.2) is 9.67 Å². The Hall–Kier alpha value is -2.84. The van der Waals surface area contributed by atoms with Gasteiger partial charge in [0.1, 0.15) is 18.2 Å². The third-order valence-electron chi connectivity index (χ3n) is 4.40. The van der Waals surface area contributed by atoms with Gasteiger partial charge in [0.05, 0.1) is 42.2 Å². The van der Waals surface area contributed by atoms with Crippen molar-refractivity contribution >= 4 is 21.8 Å². The van der Waals surface area contributed by atoms with Crippen LogP contribution in [-0.4, -0.2) is 49.6 Å². The van der Waals surface area contributed by atoms with Crippen molar-refractivity contribution in [3.63, 3.8) is 0 Å². The van der Waals surface area contributed by atoms with E-state index in [4.69, 9.17) is 4.74 Å². The molecule has 0 saturated carbocycles. The maximum Gasteiger partial charge on any atom is 0.213 e. The van der Waals surface area contributed by atoms with Gasteiger partial charge in [-0.2, -0.15) is 9.49 Å². The van der Waals surface area contributed by atoms with Gasteiger partial charge in [0, 0.05) is 23.3 Å². The van der Waals surface area contributed by atoms with E-state index < -0.39 is 5.95 Å². The number of hydrogen-bond acceptors (Lipinski definition) is 5. The molecule has 6 nitrogen and oxygen atoms in total. The zero-order chi connectivity index (χ0) is 20.2. The minimum Gasteiger partial charge on any atom is -0.354 e. The zero-order valence-electron chi connectivity index (χ0n) is 16.2. The number of halogens is 1. The molecule has 4 aromatic heterocycles. The Morgan fingerprint density at radius 2 is 2.00 bits per heavy atom. The molecule has 4 rings (SSSR count). The number of nitrogens with zero attached hydrogens (tertiary/aromatic N) is 5. The fourth-order valence-corrected chi connectivity index (χ4v) is 3.40. The molecule has 148 valence electrons. The van der Waals surface area contributed by atoms with Crippen LogP contribution < -0.4 is 0 Å². The van der Waals surface area contributed by atoms with Gasteiger partial charge in [-0.15, -0.1) is 0 Å². The Labute approximate surface area is 171 Å². The van der Waals surface area contributed by atoms with Crippen LogP contribution in [0.4, 0.5) is 4.39 Å². The molecule has 0 aliphatic heterocycles. The van der Waals surface area contributed by atoms with Crippen LogP contribution in [-0.2, 0) is 22.4 Å². The van der Waals surface area contributed by atoms with Gasteiger partial charge in [-0.05, 0) is 41.2 Å². The van der Waals surface area contributed by atoms with E-state index in [0.29, 0.717) is 35.6 Å². The highest BCUT2D eigenvalue weighted by molar-refractivity contribution is 7.95. The third kappa shape index (κ3) is 4.44. The first-order valence-electron chi connectivity index (χ1n) is 9.13. The fourth-order valence-electron chi connectivity index (χ4n) is 2.95. The molecule has 0 fully saturated rings. The molecule has 0 N–H and O–H groups in total. The number of hydrogen-bond donors (Lipinski definition) is 0. The van der Waals surface area contributed by atoms with Crippen molar-refractivity contribution in [3.05, 3.63) is 60.9 Å². The van der Waals surface area contributed by atoms with Crippen molar-refractivity contribution in [3.8, 4) is 22.6 Å². The van der Waals surface area contributed by atoms with Gasteiger partial charge in [0.2, 0.25) is 5.95 Å². The Bertz CT molecular complexity index is 1120. The molecule has 0 spiro atoms. The standard InChI is InChI=1S/C21H21FN5OS/c1-29(2)10-9-28-14-27-19-13-24-18(15-5-4-8-23-12-15)11-16(19)21(26-27)17-6-3-7-20(22)25-17/h3-8,11-13H,9-10,14H2,1-2H3/q+1. The molecule has 0 aliphatic rings. The molecule has 8 heteroatoms. The first-order chi connectivity index (χ1) is 14.1. The average molecular weight is 410 g/mol. The molecule has 0 saturated heterocycles. The van der Waals surface area contributed by atoms with E-state index in [1.165, 1.54) is 6.07 Å². The van der Waals surface area contributed by atoms with Crippen LogP contribution in [0, 0.1) is 5.95 Å². The lowest BCUT2D eigenvalue weighted by molar-refractivity contribution is 0.0842. The summed E-state index contributed by atoms with van der Waals surface area (Å²) in [6, 6.07) is 10.4. The molecular weight excluding hydrogens is 389 g/mol. The van der Waals surface area contributed by atoms with Crippen molar-refractivity contribution in [1.82, 2.24) is 24.7 Å². The number of ether oxygens (including phenoxy) is 1. The van der Waals surface area contributed by atoms with Crippen LogP contribution in [0.25, 0.3) is 33.5 Å². The van der Waals surface area contributed by atoms with Crippen LogP contribution in [0.5, 0.6) is 0 Å². The summed E-state index contributed by atoms with van der Waals surface area (Å²) in [6.45, 7) is 0.961. The van der Waals surface area contributed by atoms with E-state index in [-0.39, 0.29) is 0 Å². The highest BCUT2D eigenvalue weighted by Crippen LogP contribution is 2.29. The minimum absolute atomic E-state index is 0.303. The predicted octanol–water partition coefficient (Wildman–Crippen LogP) is 3.55. The summed E-state index contributed by atoms with van der Waals surface area (Å²) in [4.78, 5) is 12.7. The molecule has 29 heavy (non-hydrogen) atoms. The molecule has 0 aromatic carbocycles. The Morgan fingerprint density at radius 3 is 2.76 bits per heavy atom. The maximum atomic E-state index is 13.7. The van der Waals surface area contributed by atoms with Crippen LogP contribution in [0.2, 0.25) is 0 Å². The van der Waals surface area contributed by atoms with Crippen LogP contribution in [0.1, 0.15) is 0 Å². The molecule has 0 radical (unpaired) electrons. The summed E-state index contributed by atoms with van der Waals surface area (Å²) in [5.41, 5.74) is 3.55. The Balaban J connectivity index is 1.76. The fraction of sp³-hybridized carbons (Fsp3) is 0.238. The second kappa shape index (κ2) is 8.67. The van der Waals surface area contributed by atoms with E-state index in [1.54, 1.807) is 35.4 Å². The van der Waals surface area contributed by atoms with Gasteiger partial charge in [-0.3, -0.25) is 9.97 Å². The molecule has 0 unspecified atom stereocenters. The number of fused-ring (bicyclic) bond motifs is 1. The third-order valence-corrected chi connectivity index (χ3v) is 5.38. The Kier molecular flexibility index (Phi) is 5.82. The van der Waals surface area contributed by atoms with Crippen molar-refractivity contribution < 1.29 is 9.13 Å². The highest BCUT2D eigenvalue weighted by Gasteiger charge is 2.16. The summed E-state index contributed by atoms with van der Waals surface area (Å²) in [5, 5.41) is 5.50. The van der Waals surface area contributed by atoms with Gasteiger partial charge in [0.15, 0.2) is 0 Å². The maximum absolute atomic E-state index is 13.7. The summed E-state index contributed by atoms with van der Waals surface area (Å²) in [5.74, 6) is 0.460. The molecule has 0 bridgehead atoms. The SMILES string of the molecule is C[S+](C)CCOCn1nc(-c2cccc(F)n2)c2cc(-c3cccnc3)ncc21. The summed E-state index contributed by atoms with van der Waals surface area (Å²) < 4.78 is 21.3. The van der Waals surface area contributed by atoms with Gasteiger partial charge in [-0.1, -0.05) is 6.07 Å². The minimum atomic E-state index is -0.541. The van der Waals surface area contributed by atoms with E-state index in [2.05, 4.69) is 32.6 Å². The molecular formula is C21H21FN5OS+. The van der Waals surface area contributed by atoms with E-state index >= 15 is 0 Å². The summed E-state index contributed by atoms with van der Waals surface area (Å²) in [6.07, 6.45) is 9.61. The first-order valence-corrected chi connectivity index (χ1v) is 11.3. The van der Waals surface area contributed by atoms with Gasteiger partial charge >= 0.3 is 0 Å². The Morgan fingerprint density at radius 1 is 1.10 bits per heavy atom. The normalized spacial score (nSPS) is 11.4. The second-order valence-electron chi connectivity index (χ2n) is 6.75. The average Bonchev–Trinajstić information content (AvgIpc) is 3.10. The topological polar surface area (TPSA) is 65.7 Å². The van der Waals surface area contributed by atoms with Crippen LogP contribution in [0.3, 0.4) is 0 Å². The number of pyridine rings is 3. The summed E-state index contributed by atoms with van der Waals surface area (Å²) >= 11 is 0. The van der Waals surface area contributed by atoms with E-state index in [9.17, 15) is 4.39 Å². The predicted molar refractivity (Wildman–Crippen MR) is 114 cm³/mol. The largest absolute Gasteiger partial charge is 0.354 e. The second-order valence-corrected chi connectivity index (χ2v) is 9.13. The lowest BCUT2D eigenvalue weighted by Crippen LogP contribution is -2.12. The van der Waals surface area contributed by atoms with Crippen molar-refractivity contribution in [2.75, 3.05) is 24.9 Å². The summed E-state index contributed by atoms with van der Waals surface area (Å²) in [7, 11) is 0.323. The van der Waals surface area contributed by atoms with Crippen molar-refractivity contribution in [2.24, 2.45) is 0 Å². The van der Waals surface area contributed by atoms with Crippen molar-refractivity contribution in [2.45, 2.75) is 6.73 Å². The quantitative estimate of drug-likeness (QED) is 0.265. The molecule has 0 amide bonds. The molecule has 4 heterocycles. The molecule has 4 aromatic rings. The van der Waals surface area contributed by atoms with E-state index in [1.807, 2.05) is 18.2 Å². The zero-order valence-corrected chi connectivity index (χ0v) is 17.1. The lowest BCUT2D eigenvalue weighted by Gasteiger charge is -2.05. The highest BCUT2D eigenvalue weighted by atomic mass is 32.2. The van der Waals surface area contributed by atoms with Crippen molar-refractivity contribution in [1.29, 1.82) is 0 Å². The van der Waals surface area contributed by atoms with Crippen LogP contribution in [0.15, 0.2) is 55.0 Å². The number of aromatic nitrogens is 5. The molecule has 0 atom stereocenters. The van der Waals surface area contributed by atoms with Crippen LogP contribution >= 0.6 is 0 Å². The first kappa shape index (κ1) is 19.5. The number of rotatable bonds is 7. The van der Waals surface area contributed by atoms with E-state index in [0.717, 1.165) is 27.9 Å². The monoisotopic (exact) mass is 410 g/mol. The lowest BCUT2D eigenvalue weighted by atomic mass is 10.1. The van der Waals surface area contributed by atoms with Gasteiger partial charge < -0.3 is 4.74 Å². The molecule has 0 aliphatic carbocycles. The van der Waals surface area contributed by atoms with Gasteiger partial charge in [0.25, 0.3) is 0 Å². The smallest absolute Gasteiger partial charge is 0.213 e.